The first kappa shape index (κ1) is 12.3. The monoisotopic (exact) mass is 249 g/mol. The number of aromatic amines is 1. The molecule has 0 spiro atoms. The number of hydrogen-bond acceptors (Lipinski definition) is 3. The lowest BCUT2D eigenvalue weighted by Gasteiger charge is -2.16. The number of rotatable bonds is 2. The van der Waals surface area contributed by atoms with E-state index >= 15 is 0 Å². The summed E-state index contributed by atoms with van der Waals surface area (Å²) in [5.74, 6) is 0.767. The van der Waals surface area contributed by atoms with Crippen molar-refractivity contribution in [2.24, 2.45) is 0 Å². The highest BCUT2D eigenvalue weighted by atomic mass is 28.3. The minimum Gasteiger partial charge on any atom is -0.392 e. The molecule has 5 heteroatoms. The van der Waals surface area contributed by atoms with E-state index < -0.39 is 8.07 Å². The molecule has 0 aliphatic carbocycles. The lowest BCUT2D eigenvalue weighted by molar-refractivity contribution is 0.284. The zero-order valence-electron chi connectivity index (χ0n) is 11.0. The van der Waals surface area contributed by atoms with Gasteiger partial charge < -0.3 is 10.1 Å². The minimum absolute atomic E-state index is 0.0485. The normalized spacial score (nSPS) is 12.4. The first-order valence-corrected chi connectivity index (χ1v) is 9.31. The Morgan fingerprint density at radius 3 is 2.35 bits per heavy atom. The molecular weight excluding hydrogens is 230 g/mol. The van der Waals surface area contributed by atoms with Crippen molar-refractivity contribution in [2.75, 3.05) is 0 Å². The van der Waals surface area contributed by atoms with Crippen molar-refractivity contribution < 1.29 is 5.11 Å². The molecule has 2 aromatic heterocycles. The van der Waals surface area contributed by atoms with Gasteiger partial charge in [-0.05, 0) is 13.8 Å². The van der Waals surface area contributed by atoms with E-state index in [9.17, 15) is 5.11 Å². The molecule has 2 heterocycles. The number of aryl methyl sites for hydroxylation is 2. The van der Waals surface area contributed by atoms with Gasteiger partial charge in [0.25, 0.3) is 0 Å². The highest BCUT2D eigenvalue weighted by molar-refractivity contribution is 6.88. The van der Waals surface area contributed by atoms with E-state index in [1.807, 2.05) is 13.8 Å². The predicted octanol–water partition coefficient (Wildman–Crippen LogP) is 1.61. The standard InChI is InChI=1S/C12H19N3OSi/c1-7-10-9(6-16)12(17(3,4)5)15-11(10)14-8(2)13-7/h16H,6H2,1-5H3,(H,13,14,15). The highest BCUT2D eigenvalue weighted by Crippen LogP contribution is 2.21. The van der Waals surface area contributed by atoms with Gasteiger partial charge in [0.05, 0.1) is 20.4 Å². The summed E-state index contributed by atoms with van der Waals surface area (Å²) in [6, 6.07) is 0. The molecule has 0 aromatic carbocycles. The molecule has 0 saturated heterocycles. The summed E-state index contributed by atoms with van der Waals surface area (Å²) < 4.78 is 0. The fourth-order valence-electron chi connectivity index (χ4n) is 2.28. The Morgan fingerprint density at radius 1 is 1.18 bits per heavy atom. The zero-order chi connectivity index (χ0) is 12.8. The van der Waals surface area contributed by atoms with Gasteiger partial charge in [-0.1, -0.05) is 19.6 Å². The Balaban J connectivity index is 2.85. The molecule has 2 N–H and O–H groups in total. The first-order chi connectivity index (χ1) is 7.84. The van der Waals surface area contributed by atoms with Gasteiger partial charge in [-0.3, -0.25) is 0 Å². The second kappa shape index (κ2) is 3.92. The van der Waals surface area contributed by atoms with Gasteiger partial charge in [0, 0.05) is 16.3 Å². The van der Waals surface area contributed by atoms with E-state index in [1.165, 1.54) is 5.32 Å². The third-order valence-electron chi connectivity index (χ3n) is 2.96. The maximum absolute atomic E-state index is 9.61. The molecule has 2 rings (SSSR count). The molecule has 0 bridgehead atoms. The Hall–Kier alpha value is -1.20. The van der Waals surface area contributed by atoms with Crippen LogP contribution >= 0.6 is 0 Å². The number of nitrogens with zero attached hydrogens (tertiary/aromatic N) is 2. The Kier molecular flexibility index (Phi) is 2.83. The van der Waals surface area contributed by atoms with Gasteiger partial charge in [0.15, 0.2) is 0 Å². The lowest BCUT2D eigenvalue weighted by Crippen LogP contribution is -2.40. The number of aromatic nitrogens is 3. The SMILES string of the molecule is Cc1nc(C)c2c(CO)c([Si](C)(C)C)[nH]c2n1. The second-order valence-corrected chi connectivity index (χ2v) is 10.5. The second-order valence-electron chi connectivity index (χ2n) is 5.47. The molecular formula is C12H19N3OSi. The predicted molar refractivity (Wildman–Crippen MR) is 72.3 cm³/mol. The average Bonchev–Trinajstić information content (AvgIpc) is 2.55. The van der Waals surface area contributed by atoms with Gasteiger partial charge in [0.2, 0.25) is 0 Å². The van der Waals surface area contributed by atoms with Crippen LogP contribution in [0, 0.1) is 13.8 Å². The Labute approximate surface area is 102 Å². The summed E-state index contributed by atoms with van der Waals surface area (Å²) in [6.45, 7) is 10.7. The van der Waals surface area contributed by atoms with Crippen LogP contribution in [0.15, 0.2) is 0 Å². The van der Waals surface area contributed by atoms with Gasteiger partial charge in [-0.25, -0.2) is 9.97 Å². The number of H-pyrrole nitrogens is 1. The largest absolute Gasteiger partial charge is 0.392 e. The smallest absolute Gasteiger partial charge is 0.141 e. The zero-order valence-corrected chi connectivity index (χ0v) is 12.0. The van der Waals surface area contributed by atoms with Crippen LogP contribution in [0.1, 0.15) is 17.1 Å². The number of aliphatic hydroxyl groups excluding tert-OH is 1. The van der Waals surface area contributed by atoms with Gasteiger partial charge in [0.1, 0.15) is 11.5 Å². The molecule has 0 amide bonds. The van der Waals surface area contributed by atoms with E-state index in [-0.39, 0.29) is 6.61 Å². The van der Waals surface area contributed by atoms with E-state index in [1.54, 1.807) is 0 Å². The van der Waals surface area contributed by atoms with E-state index in [2.05, 4.69) is 34.6 Å². The molecule has 0 unspecified atom stereocenters. The number of fused-ring (bicyclic) bond motifs is 1. The van der Waals surface area contributed by atoms with Crippen molar-refractivity contribution in [3.63, 3.8) is 0 Å². The van der Waals surface area contributed by atoms with Crippen LogP contribution in [0.5, 0.6) is 0 Å². The number of nitrogens with one attached hydrogen (secondary N) is 1. The van der Waals surface area contributed by atoms with Crippen molar-refractivity contribution in [3.05, 3.63) is 17.1 Å². The summed E-state index contributed by atoms with van der Waals surface area (Å²) in [7, 11) is -1.51. The summed E-state index contributed by atoms with van der Waals surface area (Å²) in [4.78, 5) is 12.2. The number of aliphatic hydroxyl groups is 1. The molecule has 0 radical (unpaired) electrons. The fraction of sp³-hybridized carbons (Fsp3) is 0.500. The molecule has 0 atom stereocenters. The van der Waals surface area contributed by atoms with Crippen LogP contribution in [0.25, 0.3) is 11.0 Å². The third kappa shape index (κ3) is 2.00. The fourth-order valence-corrected chi connectivity index (χ4v) is 3.88. The van der Waals surface area contributed by atoms with Crippen LogP contribution < -0.4 is 5.32 Å². The van der Waals surface area contributed by atoms with Crippen molar-refractivity contribution in [1.29, 1.82) is 0 Å². The Bertz CT molecular complexity index is 569. The summed E-state index contributed by atoms with van der Waals surface area (Å²) in [5, 5.41) is 11.8. The van der Waals surface area contributed by atoms with Gasteiger partial charge >= 0.3 is 0 Å². The average molecular weight is 249 g/mol. The third-order valence-corrected chi connectivity index (χ3v) is 4.88. The molecule has 0 fully saturated rings. The van der Waals surface area contributed by atoms with Crippen LogP contribution in [-0.4, -0.2) is 28.1 Å². The number of hydrogen-bond donors (Lipinski definition) is 2. The lowest BCUT2D eigenvalue weighted by atomic mass is 10.2. The van der Waals surface area contributed by atoms with E-state index in [0.29, 0.717) is 0 Å². The molecule has 0 saturated carbocycles. The highest BCUT2D eigenvalue weighted by Gasteiger charge is 2.25. The van der Waals surface area contributed by atoms with Crippen LogP contribution in [0.3, 0.4) is 0 Å². The molecule has 0 aliphatic rings. The summed E-state index contributed by atoms with van der Waals surface area (Å²) in [5.41, 5.74) is 2.78. The topological polar surface area (TPSA) is 61.8 Å². The summed E-state index contributed by atoms with van der Waals surface area (Å²) in [6.07, 6.45) is 0. The molecule has 92 valence electrons. The molecule has 0 aliphatic heterocycles. The molecule has 17 heavy (non-hydrogen) atoms. The van der Waals surface area contributed by atoms with Crippen molar-refractivity contribution >= 4 is 24.4 Å². The van der Waals surface area contributed by atoms with Crippen LogP contribution in [0.2, 0.25) is 19.6 Å². The first-order valence-electron chi connectivity index (χ1n) is 5.81. The van der Waals surface area contributed by atoms with E-state index in [0.717, 1.165) is 28.1 Å². The van der Waals surface area contributed by atoms with E-state index in [4.69, 9.17) is 0 Å². The van der Waals surface area contributed by atoms with Crippen molar-refractivity contribution in [1.82, 2.24) is 15.0 Å². The van der Waals surface area contributed by atoms with Crippen LogP contribution in [0.4, 0.5) is 0 Å². The minimum atomic E-state index is -1.51. The molecule has 4 nitrogen and oxygen atoms in total. The maximum atomic E-state index is 9.61. The van der Waals surface area contributed by atoms with Crippen molar-refractivity contribution in [2.45, 2.75) is 40.1 Å². The maximum Gasteiger partial charge on any atom is 0.141 e. The molecule has 2 aromatic rings. The quantitative estimate of drug-likeness (QED) is 0.795. The van der Waals surface area contributed by atoms with Crippen LogP contribution in [-0.2, 0) is 6.61 Å². The van der Waals surface area contributed by atoms with Gasteiger partial charge in [-0.15, -0.1) is 0 Å². The van der Waals surface area contributed by atoms with Gasteiger partial charge in [-0.2, -0.15) is 0 Å². The Morgan fingerprint density at radius 2 is 1.82 bits per heavy atom. The van der Waals surface area contributed by atoms with Crippen molar-refractivity contribution in [3.8, 4) is 0 Å². The summed E-state index contributed by atoms with van der Waals surface area (Å²) >= 11 is 0.